The number of nitrogens with one attached hydrogen (secondary N) is 1. The Morgan fingerprint density at radius 3 is 2.81 bits per heavy atom. The molecule has 1 aliphatic rings. The summed E-state index contributed by atoms with van der Waals surface area (Å²) < 4.78 is 40.2. The van der Waals surface area contributed by atoms with Gasteiger partial charge in [0.25, 0.3) is 0 Å². The van der Waals surface area contributed by atoms with Gasteiger partial charge in [0.05, 0.1) is 7.11 Å². The van der Waals surface area contributed by atoms with Crippen LogP contribution in [0.25, 0.3) is 0 Å². The van der Waals surface area contributed by atoms with Gasteiger partial charge >= 0.3 is 11.6 Å². The van der Waals surface area contributed by atoms with E-state index >= 15 is 0 Å². The molecule has 0 unspecified atom stereocenters. The van der Waals surface area contributed by atoms with Gasteiger partial charge in [-0.15, -0.1) is 0 Å². The van der Waals surface area contributed by atoms with Gasteiger partial charge in [-0.2, -0.15) is 13.8 Å². The second-order valence-corrected chi connectivity index (χ2v) is 6.35. The number of halogens is 2. The first-order chi connectivity index (χ1) is 12.8. The van der Waals surface area contributed by atoms with Gasteiger partial charge < -0.3 is 19.9 Å². The van der Waals surface area contributed by atoms with E-state index < -0.39 is 30.0 Å². The average molecular weight is 381 g/mol. The molecule has 7 nitrogen and oxygen atoms in total. The summed E-state index contributed by atoms with van der Waals surface area (Å²) >= 11 is 0. The van der Waals surface area contributed by atoms with E-state index in [9.17, 15) is 18.7 Å². The summed E-state index contributed by atoms with van der Waals surface area (Å²) in [6, 6.07) is 8.72. The van der Waals surface area contributed by atoms with Gasteiger partial charge in [-0.3, -0.25) is 4.57 Å². The third kappa shape index (κ3) is 3.85. The number of aliphatic hydroxyl groups is 1. The van der Waals surface area contributed by atoms with Gasteiger partial charge in [0.15, 0.2) is 0 Å². The highest BCUT2D eigenvalue weighted by Gasteiger charge is 2.59. The number of para-hydroxylation sites is 1. The largest absolute Gasteiger partial charge is 0.496 e. The van der Waals surface area contributed by atoms with Crippen LogP contribution in [-0.4, -0.2) is 46.4 Å². The van der Waals surface area contributed by atoms with Crippen molar-refractivity contribution in [2.75, 3.05) is 13.7 Å². The third-order valence-electron chi connectivity index (χ3n) is 4.45. The summed E-state index contributed by atoms with van der Waals surface area (Å²) in [4.78, 5) is 15.6. The molecule has 0 aliphatic carbocycles. The number of ether oxygens (including phenoxy) is 2. The molecule has 0 radical (unpaired) electrons. The van der Waals surface area contributed by atoms with Crippen molar-refractivity contribution < 1.29 is 23.4 Å². The van der Waals surface area contributed by atoms with Gasteiger partial charge in [-0.25, -0.2) is 4.79 Å². The third-order valence-corrected chi connectivity index (χ3v) is 4.45. The molecule has 0 spiro atoms. The van der Waals surface area contributed by atoms with Crippen molar-refractivity contribution in [3.05, 3.63) is 58.3 Å². The Morgan fingerprint density at radius 1 is 1.37 bits per heavy atom. The Labute approximate surface area is 154 Å². The zero-order valence-corrected chi connectivity index (χ0v) is 14.9. The summed E-state index contributed by atoms with van der Waals surface area (Å²) in [5.41, 5.74) is 0.400. The van der Waals surface area contributed by atoms with E-state index in [1.165, 1.54) is 12.3 Å². The van der Waals surface area contributed by atoms with E-state index in [1.807, 2.05) is 18.2 Å². The highest BCUT2D eigenvalue weighted by molar-refractivity contribution is 5.32. The molecule has 1 aromatic heterocycles. The van der Waals surface area contributed by atoms with E-state index in [2.05, 4.69) is 10.3 Å². The smallest absolute Gasteiger partial charge is 0.350 e. The maximum Gasteiger partial charge on any atom is 0.350 e. The van der Waals surface area contributed by atoms with E-state index in [0.29, 0.717) is 22.6 Å². The molecule has 27 heavy (non-hydrogen) atoms. The number of methoxy groups -OCH3 is 1. The Morgan fingerprint density at radius 2 is 2.11 bits per heavy atom. The van der Waals surface area contributed by atoms with Crippen LogP contribution >= 0.6 is 0 Å². The van der Waals surface area contributed by atoms with Gasteiger partial charge in [0.2, 0.25) is 6.23 Å². The fraction of sp³-hybridized carbons (Fsp3) is 0.444. The summed E-state index contributed by atoms with van der Waals surface area (Å²) in [6.07, 6.45) is -3.96. The molecule has 2 heterocycles. The van der Waals surface area contributed by atoms with Crippen molar-refractivity contribution in [1.82, 2.24) is 14.9 Å². The molecule has 1 saturated heterocycles. The molecule has 146 valence electrons. The van der Waals surface area contributed by atoms with Crippen molar-refractivity contribution in [3.8, 4) is 5.75 Å². The molecule has 0 amide bonds. The minimum atomic E-state index is -3.63. The van der Waals surface area contributed by atoms with Crippen molar-refractivity contribution in [3.63, 3.8) is 0 Å². The zero-order valence-electron chi connectivity index (χ0n) is 14.9. The normalized spacial score (nSPS) is 24.1. The monoisotopic (exact) mass is 381 g/mol. The molecule has 0 bridgehead atoms. The molecule has 2 N–H and O–H groups in total. The molecule has 0 saturated carbocycles. The minimum Gasteiger partial charge on any atom is -0.496 e. The molecule has 3 atom stereocenters. The van der Waals surface area contributed by atoms with Crippen molar-refractivity contribution in [2.24, 2.45) is 0 Å². The minimum absolute atomic E-state index is 0.0284. The molecule has 1 fully saturated rings. The quantitative estimate of drug-likeness (QED) is 0.783. The Hall–Kier alpha value is -2.36. The Kier molecular flexibility index (Phi) is 5.54. The SMILES string of the molecule is COc1ccccc1CNC[C@H]1O[C@@H](n2ccc(C)nc2=O)C(F)(F)[C@@H]1O. The van der Waals surface area contributed by atoms with Crippen LogP contribution in [0.1, 0.15) is 17.5 Å². The van der Waals surface area contributed by atoms with E-state index in [4.69, 9.17) is 9.47 Å². The van der Waals surface area contributed by atoms with Crippen LogP contribution < -0.4 is 15.7 Å². The first-order valence-corrected chi connectivity index (χ1v) is 8.44. The topological polar surface area (TPSA) is 85.6 Å². The maximum atomic E-state index is 14.5. The zero-order chi connectivity index (χ0) is 19.6. The lowest BCUT2D eigenvalue weighted by molar-refractivity contribution is -0.140. The number of benzene rings is 1. The lowest BCUT2D eigenvalue weighted by atomic mass is 10.1. The summed E-state index contributed by atoms with van der Waals surface area (Å²) in [5.74, 6) is -2.96. The maximum absolute atomic E-state index is 14.5. The summed E-state index contributed by atoms with van der Waals surface area (Å²) in [5, 5.41) is 13.0. The molecular formula is C18H21F2N3O4. The number of aryl methyl sites for hydroxylation is 1. The Balaban J connectivity index is 1.69. The highest BCUT2D eigenvalue weighted by Crippen LogP contribution is 2.42. The van der Waals surface area contributed by atoms with Crippen molar-refractivity contribution in [2.45, 2.75) is 37.8 Å². The van der Waals surface area contributed by atoms with Crippen molar-refractivity contribution in [1.29, 1.82) is 0 Å². The van der Waals surface area contributed by atoms with Crippen LogP contribution in [0.2, 0.25) is 0 Å². The molecular weight excluding hydrogens is 360 g/mol. The molecule has 1 aromatic carbocycles. The molecule has 2 aromatic rings. The van der Waals surface area contributed by atoms with Crippen LogP contribution in [0.5, 0.6) is 5.75 Å². The molecule has 9 heteroatoms. The number of nitrogens with zero attached hydrogens (tertiary/aromatic N) is 2. The van der Waals surface area contributed by atoms with E-state index in [1.54, 1.807) is 20.1 Å². The summed E-state index contributed by atoms with van der Waals surface area (Å²) in [7, 11) is 1.54. The number of hydrogen-bond acceptors (Lipinski definition) is 6. The van der Waals surface area contributed by atoms with Crippen molar-refractivity contribution >= 4 is 0 Å². The number of aromatic nitrogens is 2. The van der Waals surface area contributed by atoms with Gasteiger partial charge in [-0.1, -0.05) is 18.2 Å². The highest BCUT2D eigenvalue weighted by atomic mass is 19.3. The lowest BCUT2D eigenvalue weighted by Gasteiger charge is -2.20. The van der Waals surface area contributed by atoms with Crippen LogP contribution in [0.15, 0.2) is 41.3 Å². The Bertz CT molecular complexity index is 858. The fourth-order valence-electron chi connectivity index (χ4n) is 3.01. The second-order valence-electron chi connectivity index (χ2n) is 6.35. The van der Waals surface area contributed by atoms with Gasteiger partial charge in [0, 0.05) is 30.5 Å². The lowest BCUT2D eigenvalue weighted by Crippen LogP contribution is -2.43. The number of alkyl halides is 2. The second kappa shape index (κ2) is 7.71. The van der Waals surface area contributed by atoms with E-state index in [0.717, 1.165) is 5.56 Å². The summed E-state index contributed by atoms with van der Waals surface area (Å²) in [6.45, 7) is 1.90. The predicted octanol–water partition coefficient (Wildman–Crippen LogP) is 1.24. The molecule has 1 aliphatic heterocycles. The number of rotatable bonds is 6. The fourth-order valence-corrected chi connectivity index (χ4v) is 3.01. The average Bonchev–Trinajstić information content (AvgIpc) is 2.86. The van der Waals surface area contributed by atoms with Gasteiger partial charge in [-0.05, 0) is 19.1 Å². The number of aliphatic hydroxyl groups excluding tert-OH is 1. The molecule has 3 rings (SSSR count). The first kappa shape index (κ1) is 19.4. The van der Waals surface area contributed by atoms with E-state index in [-0.39, 0.29) is 6.54 Å². The standard InChI is InChI=1S/C18H21F2N3O4/c1-11-7-8-23(17(25)22-11)16-18(19,20)15(24)14(27-16)10-21-9-12-5-3-4-6-13(12)26-2/h3-8,14-16,21,24H,9-10H2,1-2H3/t14-,15-,16-/m1/s1. The van der Waals surface area contributed by atoms with Crippen LogP contribution in [-0.2, 0) is 11.3 Å². The van der Waals surface area contributed by atoms with Crippen LogP contribution in [0.4, 0.5) is 8.78 Å². The first-order valence-electron chi connectivity index (χ1n) is 8.44. The van der Waals surface area contributed by atoms with Crippen LogP contribution in [0, 0.1) is 6.92 Å². The predicted molar refractivity (Wildman–Crippen MR) is 92.8 cm³/mol. The van der Waals surface area contributed by atoms with Crippen LogP contribution in [0.3, 0.4) is 0 Å². The number of hydrogen-bond donors (Lipinski definition) is 2. The van der Waals surface area contributed by atoms with Gasteiger partial charge in [0.1, 0.15) is 18.0 Å².